The first-order chi connectivity index (χ1) is 9.51. The van der Waals surface area contributed by atoms with Crippen molar-refractivity contribution < 1.29 is 14.1 Å². The standard InChI is InChI=1S/C11H9FN4O3S/c12-6-1-2-9(16(18)19)7(3-6)15-11(17)8-5-20-10(4-13)14-8/h1-3,5H,4,13H2,(H,15,17). The van der Waals surface area contributed by atoms with Gasteiger partial charge in [-0.25, -0.2) is 9.37 Å². The quantitative estimate of drug-likeness (QED) is 0.661. The van der Waals surface area contributed by atoms with E-state index in [4.69, 9.17) is 5.73 Å². The van der Waals surface area contributed by atoms with Crippen molar-refractivity contribution in [3.8, 4) is 0 Å². The van der Waals surface area contributed by atoms with Crippen molar-refractivity contribution in [3.63, 3.8) is 0 Å². The number of hydrogen-bond acceptors (Lipinski definition) is 6. The van der Waals surface area contributed by atoms with Crippen LogP contribution in [0.1, 0.15) is 15.5 Å². The average molecular weight is 296 g/mol. The minimum Gasteiger partial charge on any atom is -0.325 e. The van der Waals surface area contributed by atoms with Gasteiger partial charge in [0.15, 0.2) is 0 Å². The number of nitro groups is 1. The van der Waals surface area contributed by atoms with E-state index in [-0.39, 0.29) is 17.9 Å². The van der Waals surface area contributed by atoms with Crippen molar-refractivity contribution >= 4 is 28.6 Å². The fourth-order valence-corrected chi connectivity index (χ4v) is 2.12. The molecule has 0 saturated carbocycles. The summed E-state index contributed by atoms with van der Waals surface area (Å²) in [5.41, 5.74) is 4.84. The lowest BCUT2D eigenvalue weighted by molar-refractivity contribution is -0.384. The molecule has 20 heavy (non-hydrogen) atoms. The molecular formula is C11H9FN4O3S. The number of hydrogen-bond donors (Lipinski definition) is 2. The highest BCUT2D eigenvalue weighted by molar-refractivity contribution is 7.09. The van der Waals surface area contributed by atoms with E-state index in [0.717, 1.165) is 18.2 Å². The summed E-state index contributed by atoms with van der Waals surface area (Å²) >= 11 is 1.20. The van der Waals surface area contributed by atoms with Crippen LogP contribution in [0.15, 0.2) is 23.6 Å². The van der Waals surface area contributed by atoms with Crippen molar-refractivity contribution in [2.45, 2.75) is 6.54 Å². The SMILES string of the molecule is NCc1nc(C(=O)Nc2cc(F)ccc2[N+](=O)[O-])cs1. The zero-order valence-electron chi connectivity index (χ0n) is 10.00. The van der Waals surface area contributed by atoms with Gasteiger partial charge in [0.2, 0.25) is 0 Å². The molecule has 0 atom stereocenters. The summed E-state index contributed by atoms with van der Waals surface area (Å²) in [4.78, 5) is 25.9. The van der Waals surface area contributed by atoms with Crippen LogP contribution < -0.4 is 11.1 Å². The Hall–Kier alpha value is -2.39. The second-order valence-corrected chi connectivity index (χ2v) is 4.65. The van der Waals surface area contributed by atoms with Crippen LogP contribution in [0, 0.1) is 15.9 Å². The predicted octanol–water partition coefficient (Wildman–Crippen LogP) is 1.90. The Labute approximate surface area is 116 Å². The van der Waals surface area contributed by atoms with Gasteiger partial charge in [0.05, 0.1) is 4.92 Å². The lowest BCUT2D eigenvalue weighted by Crippen LogP contribution is -2.14. The number of nitrogens with one attached hydrogen (secondary N) is 1. The highest BCUT2D eigenvalue weighted by Crippen LogP contribution is 2.25. The monoisotopic (exact) mass is 296 g/mol. The molecule has 0 spiro atoms. The maximum Gasteiger partial charge on any atom is 0.292 e. The van der Waals surface area contributed by atoms with E-state index >= 15 is 0 Å². The van der Waals surface area contributed by atoms with Crippen LogP contribution in [-0.2, 0) is 6.54 Å². The number of thiazole rings is 1. The number of carbonyl (C=O) groups is 1. The van der Waals surface area contributed by atoms with Crippen LogP contribution >= 0.6 is 11.3 Å². The first-order valence-corrected chi connectivity index (χ1v) is 6.29. The van der Waals surface area contributed by atoms with Crippen LogP contribution in [0.3, 0.4) is 0 Å². The van der Waals surface area contributed by atoms with Crippen molar-refractivity contribution in [2.75, 3.05) is 5.32 Å². The van der Waals surface area contributed by atoms with E-state index < -0.39 is 22.3 Å². The fourth-order valence-electron chi connectivity index (χ4n) is 1.46. The Morgan fingerprint density at radius 1 is 1.55 bits per heavy atom. The number of anilines is 1. The molecular weight excluding hydrogens is 287 g/mol. The Kier molecular flexibility index (Phi) is 4.01. The zero-order valence-corrected chi connectivity index (χ0v) is 10.8. The van der Waals surface area contributed by atoms with E-state index in [9.17, 15) is 19.3 Å². The molecule has 0 aliphatic rings. The van der Waals surface area contributed by atoms with Crippen molar-refractivity contribution in [1.82, 2.24) is 4.98 Å². The Morgan fingerprint density at radius 2 is 2.30 bits per heavy atom. The van der Waals surface area contributed by atoms with Crippen molar-refractivity contribution in [3.05, 3.63) is 50.2 Å². The summed E-state index contributed by atoms with van der Waals surface area (Å²) in [6.07, 6.45) is 0. The molecule has 1 aromatic heterocycles. The van der Waals surface area contributed by atoms with Gasteiger partial charge in [-0.1, -0.05) is 0 Å². The third-order valence-electron chi connectivity index (χ3n) is 2.36. The number of nitrogens with zero attached hydrogens (tertiary/aromatic N) is 2. The topological polar surface area (TPSA) is 111 Å². The zero-order chi connectivity index (χ0) is 14.7. The van der Waals surface area contributed by atoms with Crippen LogP contribution in [0.2, 0.25) is 0 Å². The van der Waals surface area contributed by atoms with Gasteiger partial charge in [-0.05, 0) is 6.07 Å². The summed E-state index contributed by atoms with van der Waals surface area (Å²) in [5, 5.41) is 15.1. The number of amides is 1. The van der Waals surface area contributed by atoms with Crippen molar-refractivity contribution in [1.29, 1.82) is 0 Å². The lowest BCUT2D eigenvalue weighted by atomic mass is 10.2. The molecule has 7 nitrogen and oxygen atoms in total. The maximum atomic E-state index is 13.1. The Balaban J connectivity index is 2.27. The molecule has 3 N–H and O–H groups in total. The van der Waals surface area contributed by atoms with Gasteiger partial charge in [0.1, 0.15) is 22.2 Å². The molecule has 2 rings (SSSR count). The van der Waals surface area contributed by atoms with Gasteiger partial charge in [0, 0.05) is 24.1 Å². The molecule has 0 bridgehead atoms. The first kappa shape index (κ1) is 14.0. The maximum absolute atomic E-state index is 13.1. The normalized spacial score (nSPS) is 10.3. The van der Waals surface area contributed by atoms with E-state index in [1.54, 1.807) is 0 Å². The third kappa shape index (κ3) is 2.95. The summed E-state index contributed by atoms with van der Waals surface area (Å²) in [6.45, 7) is 0.193. The van der Waals surface area contributed by atoms with Crippen molar-refractivity contribution in [2.24, 2.45) is 5.73 Å². The van der Waals surface area contributed by atoms with Gasteiger partial charge < -0.3 is 11.1 Å². The number of carbonyl (C=O) groups excluding carboxylic acids is 1. The van der Waals surface area contributed by atoms with E-state index in [1.165, 1.54) is 16.7 Å². The molecule has 0 aliphatic heterocycles. The summed E-state index contributed by atoms with van der Waals surface area (Å²) in [5.74, 6) is -1.35. The van der Waals surface area contributed by atoms with Crippen LogP contribution in [0.4, 0.5) is 15.8 Å². The minimum absolute atomic E-state index is 0.0778. The summed E-state index contributed by atoms with van der Waals surface area (Å²) in [6, 6.07) is 2.81. The molecule has 9 heteroatoms. The highest BCUT2D eigenvalue weighted by Gasteiger charge is 2.18. The molecule has 104 valence electrons. The number of aromatic nitrogens is 1. The highest BCUT2D eigenvalue weighted by atomic mass is 32.1. The number of halogens is 1. The van der Waals surface area contributed by atoms with Gasteiger partial charge in [-0.2, -0.15) is 0 Å². The largest absolute Gasteiger partial charge is 0.325 e. The van der Waals surface area contributed by atoms with Crippen LogP contribution in [-0.4, -0.2) is 15.8 Å². The molecule has 1 aromatic carbocycles. The number of nitro benzene ring substituents is 1. The van der Waals surface area contributed by atoms with E-state index in [0.29, 0.717) is 5.01 Å². The molecule has 2 aromatic rings. The van der Waals surface area contributed by atoms with Gasteiger partial charge in [0.25, 0.3) is 11.6 Å². The molecule has 1 heterocycles. The number of benzene rings is 1. The van der Waals surface area contributed by atoms with Crippen LogP contribution in [0.25, 0.3) is 0 Å². The smallest absolute Gasteiger partial charge is 0.292 e. The predicted molar refractivity (Wildman–Crippen MR) is 71.0 cm³/mol. The molecule has 0 fully saturated rings. The fraction of sp³-hybridized carbons (Fsp3) is 0.0909. The molecule has 0 radical (unpaired) electrons. The lowest BCUT2D eigenvalue weighted by Gasteiger charge is -2.04. The third-order valence-corrected chi connectivity index (χ3v) is 3.23. The van der Waals surface area contributed by atoms with E-state index in [2.05, 4.69) is 10.3 Å². The van der Waals surface area contributed by atoms with E-state index in [1.807, 2.05) is 0 Å². The average Bonchev–Trinajstić information content (AvgIpc) is 2.87. The van der Waals surface area contributed by atoms with Gasteiger partial charge in [-0.3, -0.25) is 14.9 Å². The molecule has 0 aliphatic carbocycles. The Bertz CT molecular complexity index is 673. The minimum atomic E-state index is -0.707. The van der Waals surface area contributed by atoms with Crippen LogP contribution in [0.5, 0.6) is 0 Å². The second-order valence-electron chi connectivity index (χ2n) is 3.70. The number of nitrogens with two attached hydrogens (primary N) is 1. The second kappa shape index (κ2) is 5.72. The first-order valence-electron chi connectivity index (χ1n) is 5.41. The van der Waals surface area contributed by atoms with Gasteiger partial charge in [-0.15, -0.1) is 11.3 Å². The summed E-state index contributed by atoms with van der Waals surface area (Å²) < 4.78 is 13.1. The van der Waals surface area contributed by atoms with Gasteiger partial charge >= 0.3 is 0 Å². The Morgan fingerprint density at radius 3 is 2.90 bits per heavy atom. The number of rotatable bonds is 4. The molecule has 0 saturated heterocycles. The molecule has 1 amide bonds. The molecule has 0 unspecified atom stereocenters. The summed E-state index contributed by atoms with van der Waals surface area (Å²) in [7, 11) is 0.